The molecule has 0 rings (SSSR count). The summed E-state index contributed by atoms with van der Waals surface area (Å²) >= 11 is 0. The maximum atomic E-state index is 8.61. The predicted molar refractivity (Wildman–Crippen MR) is 31.0 cm³/mol. The van der Waals surface area contributed by atoms with Crippen LogP contribution in [0.5, 0.6) is 0 Å². The predicted octanol–water partition coefficient (Wildman–Crippen LogP) is -0.580. The maximum Gasteiger partial charge on any atom is 0.147 e. The van der Waals surface area contributed by atoms with E-state index in [4.69, 9.17) is 10.2 Å². The van der Waals surface area contributed by atoms with Crippen LogP contribution in [0.2, 0.25) is 0 Å². The highest BCUT2D eigenvalue weighted by molar-refractivity contribution is 4.84. The highest BCUT2D eigenvalue weighted by Gasteiger charge is 1.95. The minimum Gasteiger partial charge on any atom is -0.392 e. The Morgan fingerprint density at radius 2 is 2.38 bits per heavy atom. The van der Waals surface area contributed by atoms with E-state index in [1.807, 2.05) is 0 Å². The van der Waals surface area contributed by atoms with Crippen LogP contribution in [0.3, 0.4) is 0 Å². The number of aliphatic hydroxyl groups excluding tert-OH is 2. The van der Waals surface area contributed by atoms with E-state index in [0.717, 1.165) is 0 Å². The number of nitrogens with one attached hydrogen (secondary N) is 1. The van der Waals surface area contributed by atoms with E-state index in [2.05, 4.69) is 11.9 Å². The van der Waals surface area contributed by atoms with Crippen LogP contribution < -0.4 is 5.32 Å². The Morgan fingerprint density at radius 1 is 1.88 bits per heavy atom. The number of aliphatic hydroxyl groups is 2. The molecule has 0 aliphatic heterocycles. The minimum absolute atomic E-state index is 0.285. The van der Waals surface area contributed by atoms with Crippen LogP contribution in [-0.4, -0.2) is 23.0 Å². The number of hydrogen-bond acceptors (Lipinski definition) is 3. The van der Waals surface area contributed by atoms with Crippen LogP contribution in [0.15, 0.2) is 12.3 Å². The topological polar surface area (TPSA) is 52.5 Å². The maximum absolute atomic E-state index is 8.61. The van der Waals surface area contributed by atoms with Gasteiger partial charge in [0.15, 0.2) is 0 Å². The third kappa shape index (κ3) is 3.64. The molecule has 0 amide bonds. The lowest BCUT2D eigenvalue weighted by molar-refractivity contribution is 0.0765. The number of hydrogen-bond donors (Lipinski definition) is 3. The third-order valence-electron chi connectivity index (χ3n) is 0.586. The van der Waals surface area contributed by atoms with Crippen LogP contribution >= 0.6 is 0 Å². The zero-order valence-corrected chi connectivity index (χ0v) is 4.89. The van der Waals surface area contributed by atoms with Crippen molar-refractivity contribution in [1.29, 1.82) is 0 Å². The monoisotopic (exact) mass is 117 g/mol. The van der Waals surface area contributed by atoms with Crippen LogP contribution in [0.25, 0.3) is 0 Å². The lowest BCUT2D eigenvalue weighted by atomic mass is 10.5. The Hall–Kier alpha value is -0.540. The lowest BCUT2D eigenvalue weighted by Gasteiger charge is -2.08. The molecule has 3 heteroatoms. The van der Waals surface area contributed by atoms with Gasteiger partial charge < -0.3 is 15.5 Å². The molecule has 3 N–H and O–H groups in total. The molecule has 1 unspecified atom stereocenters. The molecule has 0 heterocycles. The van der Waals surface area contributed by atoms with E-state index in [0.29, 0.717) is 5.70 Å². The van der Waals surface area contributed by atoms with Gasteiger partial charge in [-0.2, -0.15) is 0 Å². The second-order valence-corrected chi connectivity index (χ2v) is 1.62. The number of allylic oxidation sites excluding steroid dienone is 1. The average molecular weight is 117 g/mol. The van der Waals surface area contributed by atoms with Crippen molar-refractivity contribution >= 4 is 0 Å². The van der Waals surface area contributed by atoms with E-state index in [-0.39, 0.29) is 6.61 Å². The second kappa shape index (κ2) is 3.46. The van der Waals surface area contributed by atoms with Crippen LogP contribution in [-0.2, 0) is 0 Å². The van der Waals surface area contributed by atoms with Gasteiger partial charge in [-0.1, -0.05) is 6.58 Å². The Kier molecular flexibility index (Phi) is 3.23. The molecule has 1 atom stereocenters. The van der Waals surface area contributed by atoms with Gasteiger partial charge in [-0.15, -0.1) is 0 Å². The molecule has 0 fully saturated rings. The zero-order valence-electron chi connectivity index (χ0n) is 4.89. The molecule has 48 valence electrons. The van der Waals surface area contributed by atoms with Gasteiger partial charge >= 0.3 is 0 Å². The van der Waals surface area contributed by atoms with Crippen molar-refractivity contribution in [1.82, 2.24) is 5.32 Å². The summed E-state index contributed by atoms with van der Waals surface area (Å²) in [5.41, 5.74) is 0.645. The van der Waals surface area contributed by atoms with Crippen molar-refractivity contribution in [3.05, 3.63) is 12.3 Å². The largest absolute Gasteiger partial charge is 0.392 e. The fraction of sp³-hybridized carbons (Fsp3) is 0.600. The van der Waals surface area contributed by atoms with Gasteiger partial charge in [0.05, 0.1) is 6.61 Å². The summed E-state index contributed by atoms with van der Waals surface area (Å²) in [6.07, 6.45) is -0.868. The quantitative estimate of drug-likeness (QED) is 0.433. The van der Waals surface area contributed by atoms with Gasteiger partial charge in [0.25, 0.3) is 0 Å². The van der Waals surface area contributed by atoms with E-state index < -0.39 is 6.23 Å². The van der Waals surface area contributed by atoms with E-state index in [1.54, 1.807) is 6.92 Å². The first-order chi connectivity index (χ1) is 3.66. The molecule has 8 heavy (non-hydrogen) atoms. The van der Waals surface area contributed by atoms with Crippen LogP contribution in [0, 0.1) is 0 Å². The molecule has 0 aromatic rings. The van der Waals surface area contributed by atoms with Gasteiger partial charge in [-0.05, 0) is 6.92 Å². The zero-order chi connectivity index (χ0) is 6.57. The summed E-state index contributed by atoms with van der Waals surface area (Å²) < 4.78 is 0. The standard InChI is InChI=1S/C5H11NO2/c1-4(2)6-5(8)3-7/h5-8H,1,3H2,2H3. The van der Waals surface area contributed by atoms with Crippen LogP contribution in [0.4, 0.5) is 0 Å². The Labute approximate surface area is 48.6 Å². The normalized spacial score (nSPS) is 12.9. The lowest BCUT2D eigenvalue weighted by Crippen LogP contribution is -2.29. The summed E-state index contributed by atoms with van der Waals surface area (Å²) in [4.78, 5) is 0. The average Bonchev–Trinajstić information content (AvgIpc) is 1.65. The van der Waals surface area contributed by atoms with Crippen molar-refractivity contribution in [2.45, 2.75) is 13.2 Å². The Morgan fingerprint density at radius 3 is 2.50 bits per heavy atom. The van der Waals surface area contributed by atoms with Gasteiger partial charge in [0.2, 0.25) is 0 Å². The molecular formula is C5H11NO2. The second-order valence-electron chi connectivity index (χ2n) is 1.62. The molecule has 0 aliphatic rings. The highest BCUT2D eigenvalue weighted by atomic mass is 16.3. The van der Waals surface area contributed by atoms with Gasteiger partial charge in [-0.25, -0.2) is 0 Å². The van der Waals surface area contributed by atoms with E-state index in [9.17, 15) is 0 Å². The summed E-state index contributed by atoms with van der Waals surface area (Å²) in [5.74, 6) is 0. The van der Waals surface area contributed by atoms with Crippen molar-refractivity contribution in [3.63, 3.8) is 0 Å². The molecule has 0 spiro atoms. The van der Waals surface area contributed by atoms with Crippen molar-refractivity contribution < 1.29 is 10.2 Å². The van der Waals surface area contributed by atoms with Gasteiger partial charge in [0.1, 0.15) is 6.23 Å². The minimum atomic E-state index is -0.868. The first kappa shape index (κ1) is 7.46. The smallest absolute Gasteiger partial charge is 0.147 e. The first-order valence-electron chi connectivity index (χ1n) is 2.37. The van der Waals surface area contributed by atoms with E-state index >= 15 is 0 Å². The van der Waals surface area contributed by atoms with Crippen molar-refractivity contribution in [3.8, 4) is 0 Å². The molecular weight excluding hydrogens is 106 g/mol. The molecule has 0 radical (unpaired) electrons. The SMILES string of the molecule is C=C(C)NC(O)CO. The van der Waals surface area contributed by atoms with E-state index in [1.165, 1.54) is 0 Å². The molecule has 0 saturated heterocycles. The highest BCUT2D eigenvalue weighted by Crippen LogP contribution is 1.80. The molecule has 0 bridgehead atoms. The van der Waals surface area contributed by atoms with Crippen molar-refractivity contribution in [2.75, 3.05) is 6.61 Å². The fourth-order valence-corrected chi connectivity index (χ4v) is 0.330. The third-order valence-corrected chi connectivity index (χ3v) is 0.586. The first-order valence-corrected chi connectivity index (χ1v) is 2.37. The van der Waals surface area contributed by atoms with Gasteiger partial charge in [-0.3, -0.25) is 0 Å². The van der Waals surface area contributed by atoms with Crippen molar-refractivity contribution in [2.24, 2.45) is 0 Å². The Bertz CT molecular complexity index is 82.5. The summed E-state index contributed by atoms with van der Waals surface area (Å²) in [6, 6.07) is 0. The summed E-state index contributed by atoms with van der Waals surface area (Å²) in [7, 11) is 0. The fourth-order valence-electron chi connectivity index (χ4n) is 0.330. The van der Waals surface area contributed by atoms with Crippen LogP contribution in [0.1, 0.15) is 6.92 Å². The summed E-state index contributed by atoms with van der Waals surface area (Å²) in [6.45, 7) is 4.88. The summed E-state index contributed by atoms with van der Waals surface area (Å²) in [5, 5.41) is 19.3. The van der Waals surface area contributed by atoms with Gasteiger partial charge in [0, 0.05) is 5.70 Å². The molecule has 3 nitrogen and oxygen atoms in total. The molecule has 0 aliphatic carbocycles. The molecule has 0 aromatic heterocycles. The molecule has 0 aromatic carbocycles. The number of rotatable bonds is 3. The molecule has 0 saturated carbocycles. The Balaban J connectivity index is 3.24.